The minimum absolute atomic E-state index is 0.307. The molecule has 1 fully saturated rings. The number of ether oxygens (including phenoxy) is 1. The molecule has 0 aromatic carbocycles. The van der Waals surface area contributed by atoms with Crippen LogP contribution in [0.3, 0.4) is 0 Å². The van der Waals surface area contributed by atoms with Crippen LogP contribution in [0.4, 0.5) is 0 Å². The highest BCUT2D eigenvalue weighted by molar-refractivity contribution is 4.73. The van der Waals surface area contributed by atoms with Gasteiger partial charge in [-0.15, -0.1) is 0 Å². The van der Waals surface area contributed by atoms with Gasteiger partial charge in [-0.3, -0.25) is 4.90 Å². The fourth-order valence-corrected chi connectivity index (χ4v) is 1.92. The van der Waals surface area contributed by atoms with Crippen molar-refractivity contribution in [3.05, 3.63) is 0 Å². The lowest BCUT2D eigenvalue weighted by Crippen LogP contribution is -2.47. The molecule has 1 atom stereocenters. The second kappa shape index (κ2) is 7.14. The summed E-state index contributed by atoms with van der Waals surface area (Å²) in [6, 6.07) is 0. The molecule has 0 aromatic rings. The summed E-state index contributed by atoms with van der Waals surface area (Å²) in [7, 11) is 2.13. The van der Waals surface area contributed by atoms with E-state index in [9.17, 15) is 0 Å². The van der Waals surface area contributed by atoms with E-state index in [1.807, 2.05) is 0 Å². The average Bonchev–Trinajstić information content (AvgIpc) is 2.18. The van der Waals surface area contributed by atoms with Gasteiger partial charge in [0.25, 0.3) is 0 Å². The minimum atomic E-state index is 0.307. The smallest absolute Gasteiger partial charge is 0.0829 e. The molecular weight excluding hydrogens is 192 g/mol. The number of hydrogen-bond donors (Lipinski definition) is 2. The van der Waals surface area contributed by atoms with E-state index < -0.39 is 0 Å². The van der Waals surface area contributed by atoms with Crippen molar-refractivity contribution in [1.82, 2.24) is 9.80 Å². The molecule has 15 heavy (non-hydrogen) atoms. The number of nitrogens with zero attached hydrogens (tertiary/aromatic N) is 2. The molecule has 1 rings (SSSR count). The van der Waals surface area contributed by atoms with Crippen LogP contribution in [0.5, 0.6) is 0 Å². The summed E-state index contributed by atoms with van der Waals surface area (Å²) >= 11 is 0. The summed E-state index contributed by atoms with van der Waals surface area (Å²) < 4.78 is 5.71. The van der Waals surface area contributed by atoms with Gasteiger partial charge >= 0.3 is 0 Å². The number of rotatable bonds is 6. The van der Waals surface area contributed by atoms with Crippen LogP contribution in [0.25, 0.3) is 0 Å². The third kappa shape index (κ3) is 4.90. The molecule has 1 aliphatic heterocycles. The van der Waals surface area contributed by atoms with Crippen molar-refractivity contribution in [2.45, 2.75) is 6.10 Å². The van der Waals surface area contributed by atoms with Crippen molar-refractivity contribution in [1.29, 1.82) is 0 Å². The molecule has 0 aliphatic carbocycles. The van der Waals surface area contributed by atoms with Gasteiger partial charge in [0.05, 0.1) is 12.7 Å². The quantitative estimate of drug-likeness (QED) is 0.568. The number of likely N-dealkylation sites (N-methyl/N-ethyl adjacent to an activating group) is 1. The fourth-order valence-electron chi connectivity index (χ4n) is 1.92. The van der Waals surface area contributed by atoms with Crippen LogP contribution in [-0.4, -0.2) is 75.4 Å². The van der Waals surface area contributed by atoms with E-state index in [2.05, 4.69) is 16.8 Å². The average molecular weight is 216 g/mol. The maximum Gasteiger partial charge on any atom is 0.0829 e. The summed E-state index contributed by atoms with van der Waals surface area (Å²) in [4.78, 5) is 4.58. The van der Waals surface area contributed by atoms with E-state index >= 15 is 0 Å². The molecule has 5 nitrogen and oxygen atoms in total. The monoisotopic (exact) mass is 216 g/mol. The van der Waals surface area contributed by atoms with Crippen molar-refractivity contribution in [2.75, 3.05) is 59.5 Å². The molecule has 90 valence electrons. The molecule has 1 unspecified atom stereocenters. The van der Waals surface area contributed by atoms with Crippen molar-refractivity contribution < 1.29 is 4.74 Å². The van der Waals surface area contributed by atoms with Crippen LogP contribution < -0.4 is 11.5 Å². The maximum atomic E-state index is 5.71. The van der Waals surface area contributed by atoms with Crippen molar-refractivity contribution in [3.8, 4) is 0 Å². The molecule has 4 N–H and O–H groups in total. The van der Waals surface area contributed by atoms with Gasteiger partial charge in [-0.05, 0) is 7.05 Å². The first kappa shape index (κ1) is 12.9. The maximum absolute atomic E-state index is 5.71. The van der Waals surface area contributed by atoms with Crippen LogP contribution in [0.15, 0.2) is 0 Å². The lowest BCUT2D eigenvalue weighted by molar-refractivity contribution is -0.0348. The van der Waals surface area contributed by atoms with Gasteiger partial charge in [0.2, 0.25) is 0 Å². The molecule has 0 saturated carbocycles. The SMILES string of the molecule is CN1CCOC(CN(CCN)CCN)C1. The predicted octanol–water partition coefficient (Wildman–Crippen LogP) is -1.46. The minimum Gasteiger partial charge on any atom is -0.374 e. The molecule has 0 amide bonds. The van der Waals surface area contributed by atoms with Gasteiger partial charge in [0.15, 0.2) is 0 Å². The van der Waals surface area contributed by atoms with Crippen molar-refractivity contribution in [3.63, 3.8) is 0 Å². The largest absolute Gasteiger partial charge is 0.374 e. The van der Waals surface area contributed by atoms with Gasteiger partial charge in [-0.2, -0.15) is 0 Å². The highest BCUT2D eigenvalue weighted by Crippen LogP contribution is 2.04. The highest BCUT2D eigenvalue weighted by Gasteiger charge is 2.19. The zero-order chi connectivity index (χ0) is 11.1. The van der Waals surface area contributed by atoms with Gasteiger partial charge in [0.1, 0.15) is 0 Å². The van der Waals surface area contributed by atoms with Crippen LogP contribution in [0.1, 0.15) is 0 Å². The van der Waals surface area contributed by atoms with Gasteiger partial charge in [-0.25, -0.2) is 0 Å². The third-order valence-electron chi connectivity index (χ3n) is 2.69. The second-order valence-corrected chi connectivity index (χ2v) is 4.13. The summed E-state index contributed by atoms with van der Waals surface area (Å²) in [6.07, 6.45) is 0.307. The van der Waals surface area contributed by atoms with Crippen LogP contribution >= 0.6 is 0 Å². The van der Waals surface area contributed by atoms with Gasteiger partial charge < -0.3 is 21.1 Å². The fraction of sp³-hybridized carbons (Fsp3) is 1.00. The Hall–Kier alpha value is -0.200. The Labute approximate surface area is 92.3 Å². The van der Waals surface area contributed by atoms with Crippen LogP contribution in [-0.2, 0) is 4.74 Å². The molecule has 0 spiro atoms. The first-order valence-electron chi connectivity index (χ1n) is 5.69. The molecule has 1 aliphatic rings. The topological polar surface area (TPSA) is 67.8 Å². The van der Waals surface area contributed by atoms with Crippen LogP contribution in [0, 0.1) is 0 Å². The Morgan fingerprint density at radius 1 is 1.33 bits per heavy atom. The van der Waals surface area contributed by atoms with Gasteiger partial charge in [0, 0.05) is 45.8 Å². The van der Waals surface area contributed by atoms with Crippen molar-refractivity contribution >= 4 is 0 Å². The zero-order valence-corrected chi connectivity index (χ0v) is 9.69. The normalized spacial score (nSPS) is 23.6. The molecule has 1 heterocycles. The summed E-state index contributed by atoms with van der Waals surface area (Å²) in [5.41, 5.74) is 11.1. The number of hydrogen-bond acceptors (Lipinski definition) is 5. The second-order valence-electron chi connectivity index (χ2n) is 4.13. The van der Waals surface area contributed by atoms with E-state index in [0.29, 0.717) is 19.2 Å². The predicted molar refractivity (Wildman–Crippen MR) is 61.8 cm³/mol. The third-order valence-corrected chi connectivity index (χ3v) is 2.69. The highest BCUT2D eigenvalue weighted by atomic mass is 16.5. The summed E-state index contributed by atoms with van der Waals surface area (Å²) in [5.74, 6) is 0. The summed E-state index contributed by atoms with van der Waals surface area (Å²) in [6.45, 7) is 6.99. The Morgan fingerprint density at radius 2 is 2.00 bits per heavy atom. The van der Waals surface area contributed by atoms with E-state index in [0.717, 1.165) is 39.3 Å². The lowest BCUT2D eigenvalue weighted by atomic mass is 10.2. The number of morpholine rings is 1. The molecule has 0 aromatic heterocycles. The first-order valence-corrected chi connectivity index (χ1v) is 5.69. The summed E-state index contributed by atoms with van der Waals surface area (Å²) in [5, 5.41) is 0. The lowest BCUT2D eigenvalue weighted by Gasteiger charge is -2.33. The Morgan fingerprint density at radius 3 is 2.53 bits per heavy atom. The Bertz CT molecular complexity index is 159. The molecule has 1 saturated heterocycles. The van der Waals surface area contributed by atoms with Gasteiger partial charge in [-0.1, -0.05) is 0 Å². The first-order chi connectivity index (χ1) is 7.26. The van der Waals surface area contributed by atoms with E-state index in [4.69, 9.17) is 16.2 Å². The molecule has 5 heteroatoms. The van der Waals surface area contributed by atoms with E-state index in [1.54, 1.807) is 0 Å². The van der Waals surface area contributed by atoms with Crippen LogP contribution in [0.2, 0.25) is 0 Å². The van der Waals surface area contributed by atoms with E-state index in [1.165, 1.54) is 0 Å². The standard InChI is InChI=1S/C10H24N4O/c1-13-6-7-15-10(8-13)9-14(4-2-11)5-3-12/h10H,2-9,11-12H2,1H3. The Kier molecular flexibility index (Phi) is 6.12. The molecule has 0 radical (unpaired) electrons. The van der Waals surface area contributed by atoms with Crippen molar-refractivity contribution in [2.24, 2.45) is 11.5 Å². The zero-order valence-electron chi connectivity index (χ0n) is 9.69. The van der Waals surface area contributed by atoms with E-state index in [-0.39, 0.29) is 0 Å². The molecule has 0 bridgehead atoms. The number of nitrogens with two attached hydrogens (primary N) is 2. The molecular formula is C10H24N4O. The Balaban J connectivity index is 2.28.